The third kappa shape index (κ3) is 4.57. The Balaban J connectivity index is 2.13. The predicted octanol–water partition coefficient (Wildman–Crippen LogP) is 3.70. The molecule has 1 aliphatic rings. The Labute approximate surface area is 138 Å². The molecule has 0 aliphatic carbocycles. The van der Waals surface area contributed by atoms with Gasteiger partial charge >= 0.3 is 5.97 Å². The molecule has 126 valence electrons. The van der Waals surface area contributed by atoms with Crippen molar-refractivity contribution >= 4 is 11.9 Å². The van der Waals surface area contributed by atoms with Crippen molar-refractivity contribution in [3.05, 3.63) is 35.4 Å². The van der Waals surface area contributed by atoms with E-state index >= 15 is 0 Å². The van der Waals surface area contributed by atoms with E-state index in [1.54, 1.807) is 0 Å². The van der Waals surface area contributed by atoms with Gasteiger partial charge in [-0.05, 0) is 42.2 Å². The zero-order valence-corrected chi connectivity index (χ0v) is 14.3. The first kappa shape index (κ1) is 17.5. The lowest BCUT2D eigenvalue weighted by molar-refractivity contribution is -0.137. The van der Waals surface area contributed by atoms with Crippen molar-refractivity contribution < 1.29 is 14.7 Å². The van der Waals surface area contributed by atoms with Crippen molar-refractivity contribution in [2.75, 3.05) is 13.1 Å². The van der Waals surface area contributed by atoms with Crippen molar-refractivity contribution in [3.8, 4) is 0 Å². The summed E-state index contributed by atoms with van der Waals surface area (Å²) in [5, 5.41) is 8.84. The fourth-order valence-electron chi connectivity index (χ4n) is 3.31. The summed E-state index contributed by atoms with van der Waals surface area (Å²) in [6.07, 6.45) is 2.80. The highest BCUT2D eigenvalue weighted by molar-refractivity contribution is 5.96. The molecular weight excluding hydrogens is 290 g/mol. The SMILES string of the molecule is CC(C)(C)c1ccccc1C(=O)N1CCCC(CCC(=O)O)C1. The standard InChI is InChI=1S/C19H27NO3/c1-19(2,3)16-9-5-4-8-15(16)18(23)20-12-6-7-14(13-20)10-11-17(21)22/h4-5,8-9,14H,6-7,10-13H2,1-3H3,(H,21,22). The molecule has 1 amide bonds. The molecule has 1 aliphatic heterocycles. The summed E-state index contributed by atoms with van der Waals surface area (Å²) in [6.45, 7) is 7.78. The van der Waals surface area contributed by atoms with E-state index in [9.17, 15) is 9.59 Å². The number of carbonyl (C=O) groups is 2. The lowest BCUT2D eigenvalue weighted by atomic mass is 9.83. The molecule has 4 nitrogen and oxygen atoms in total. The fourth-order valence-corrected chi connectivity index (χ4v) is 3.31. The Morgan fingerprint density at radius 1 is 1.26 bits per heavy atom. The first-order chi connectivity index (χ1) is 10.8. The summed E-state index contributed by atoms with van der Waals surface area (Å²) >= 11 is 0. The van der Waals surface area contributed by atoms with Crippen LogP contribution in [0.25, 0.3) is 0 Å². The normalized spacial score (nSPS) is 18.7. The highest BCUT2D eigenvalue weighted by Crippen LogP contribution is 2.28. The predicted molar refractivity (Wildman–Crippen MR) is 90.6 cm³/mol. The minimum Gasteiger partial charge on any atom is -0.481 e. The van der Waals surface area contributed by atoms with Crippen LogP contribution in [0.5, 0.6) is 0 Å². The molecule has 0 bridgehead atoms. The van der Waals surface area contributed by atoms with Crippen LogP contribution in [0.15, 0.2) is 24.3 Å². The second-order valence-electron chi connectivity index (χ2n) is 7.49. The number of aliphatic carboxylic acids is 1. The first-order valence-corrected chi connectivity index (χ1v) is 8.39. The van der Waals surface area contributed by atoms with Gasteiger partial charge in [0, 0.05) is 25.1 Å². The van der Waals surface area contributed by atoms with Gasteiger partial charge in [-0.25, -0.2) is 0 Å². The number of carboxylic acids is 1. The molecular formula is C19H27NO3. The van der Waals surface area contributed by atoms with E-state index in [0.29, 0.717) is 18.9 Å². The number of piperidine rings is 1. The van der Waals surface area contributed by atoms with Gasteiger partial charge in [-0.2, -0.15) is 0 Å². The van der Waals surface area contributed by atoms with Crippen LogP contribution in [0.1, 0.15) is 62.4 Å². The zero-order chi connectivity index (χ0) is 17.0. The number of amides is 1. The molecule has 0 saturated carbocycles. The van der Waals surface area contributed by atoms with Gasteiger partial charge in [0.25, 0.3) is 5.91 Å². The van der Waals surface area contributed by atoms with Gasteiger partial charge in [0.1, 0.15) is 0 Å². The van der Waals surface area contributed by atoms with Crippen LogP contribution in [-0.4, -0.2) is 35.0 Å². The summed E-state index contributed by atoms with van der Waals surface area (Å²) in [4.78, 5) is 25.6. The summed E-state index contributed by atoms with van der Waals surface area (Å²) in [5.74, 6) is -0.382. The van der Waals surface area contributed by atoms with Gasteiger partial charge in [-0.15, -0.1) is 0 Å². The average Bonchev–Trinajstić information content (AvgIpc) is 2.51. The molecule has 1 N–H and O–H groups in total. The molecule has 1 aromatic carbocycles. The van der Waals surface area contributed by atoms with Crippen LogP contribution in [0.4, 0.5) is 0 Å². The molecule has 1 fully saturated rings. The highest BCUT2D eigenvalue weighted by atomic mass is 16.4. The Morgan fingerprint density at radius 3 is 2.61 bits per heavy atom. The largest absolute Gasteiger partial charge is 0.481 e. The van der Waals surface area contributed by atoms with Gasteiger partial charge in [0.2, 0.25) is 0 Å². The Kier molecular flexibility index (Phi) is 5.45. The smallest absolute Gasteiger partial charge is 0.303 e. The van der Waals surface area contributed by atoms with Crippen LogP contribution in [0, 0.1) is 5.92 Å². The molecule has 0 spiro atoms. The maximum absolute atomic E-state index is 13.0. The van der Waals surface area contributed by atoms with Crippen molar-refractivity contribution in [1.82, 2.24) is 4.90 Å². The third-order valence-corrected chi connectivity index (χ3v) is 4.54. The average molecular weight is 317 g/mol. The Bertz CT molecular complexity index is 574. The molecule has 0 radical (unpaired) electrons. The van der Waals surface area contributed by atoms with E-state index in [-0.39, 0.29) is 17.7 Å². The molecule has 1 unspecified atom stereocenters. The number of rotatable bonds is 4. The van der Waals surface area contributed by atoms with E-state index in [4.69, 9.17) is 5.11 Å². The highest BCUT2D eigenvalue weighted by Gasteiger charge is 2.28. The van der Waals surface area contributed by atoms with Gasteiger partial charge in [0.15, 0.2) is 0 Å². The van der Waals surface area contributed by atoms with Crippen molar-refractivity contribution in [1.29, 1.82) is 0 Å². The molecule has 1 atom stereocenters. The lowest BCUT2D eigenvalue weighted by Gasteiger charge is -2.34. The minimum atomic E-state index is -0.758. The van der Waals surface area contributed by atoms with Crippen LogP contribution < -0.4 is 0 Å². The maximum Gasteiger partial charge on any atom is 0.303 e. The van der Waals surface area contributed by atoms with E-state index in [1.807, 2.05) is 29.2 Å². The minimum absolute atomic E-state index is 0.0786. The zero-order valence-electron chi connectivity index (χ0n) is 14.3. The van der Waals surface area contributed by atoms with Crippen molar-refractivity contribution in [3.63, 3.8) is 0 Å². The van der Waals surface area contributed by atoms with Crippen molar-refractivity contribution in [2.24, 2.45) is 5.92 Å². The van der Waals surface area contributed by atoms with Gasteiger partial charge in [-0.3, -0.25) is 9.59 Å². The van der Waals surface area contributed by atoms with E-state index in [0.717, 1.165) is 30.5 Å². The number of carboxylic acid groups (broad SMARTS) is 1. The van der Waals surface area contributed by atoms with Crippen LogP contribution >= 0.6 is 0 Å². The third-order valence-electron chi connectivity index (χ3n) is 4.54. The number of carbonyl (C=O) groups excluding carboxylic acids is 1. The second kappa shape index (κ2) is 7.16. The topological polar surface area (TPSA) is 57.6 Å². The number of hydrogen-bond donors (Lipinski definition) is 1. The molecule has 2 rings (SSSR count). The summed E-state index contributed by atoms with van der Waals surface area (Å²) in [6, 6.07) is 7.82. The maximum atomic E-state index is 13.0. The van der Waals surface area contributed by atoms with Crippen LogP contribution in [0.2, 0.25) is 0 Å². The number of likely N-dealkylation sites (tertiary alicyclic amines) is 1. The second-order valence-corrected chi connectivity index (χ2v) is 7.49. The molecule has 1 heterocycles. The van der Waals surface area contributed by atoms with Gasteiger partial charge in [-0.1, -0.05) is 39.0 Å². The monoisotopic (exact) mass is 317 g/mol. The molecule has 1 aromatic rings. The van der Waals surface area contributed by atoms with Crippen molar-refractivity contribution in [2.45, 2.75) is 51.9 Å². The van der Waals surface area contributed by atoms with E-state index in [2.05, 4.69) is 20.8 Å². The molecule has 23 heavy (non-hydrogen) atoms. The van der Waals surface area contributed by atoms with Gasteiger partial charge in [0.05, 0.1) is 0 Å². The fraction of sp³-hybridized carbons (Fsp3) is 0.579. The van der Waals surface area contributed by atoms with Gasteiger partial charge < -0.3 is 10.0 Å². The summed E-state index contributed by atoms with van der Waals surface area (Å²) in [5.41, 5.74) is 1.77. The summed E-state index contributed by atoms with van der Waals surface area (Å²) < 4.78 is 0. The number of hydrogen-bond acceptors (Lipinski definition) is 2. The Hall–Kier alpha value is -1.84. The number of nitrogens with zero attached hydrogens (tertiary/aromatic N) is 1. The molecule has 4 heteroatoms. The Morgan fingerprint density at radius 2 is 1.96 bits per heavy atom. The van der Waals surface area contributed by atoms with Crippen LogP contribution in [-0.2, 0) is 10.2 Å². The number of benzene rings is 1. The summed E-state index contributed by atoms with van der Waals surface area (Å²) in [7, 11) is 0. The first-order valence-electron chi connectivity index (χ1n) is 8.39. The molecule has 1 saturated heterocycles. The van der Waals surface area contributed by atoms with E-state index in [1.165, 1.54) is 0 Å². The van der Waals surface area contributed by atoms with E-state index < -0.39 is 5.97 Å². The molecule has 0 aromatic heterocycles. The lowest BCUT2D eigenvalue weighted by Crippen LogP contribution is -2.40. The quantitative estimate of drug-likeness (QED) is 0.921. The van der Waals surface area contributed by atoms with Crippen LogP contribution in [0.3, 0.4) is 0 Å².